The molecule has 2 rings (SSSR count). The summed E-state index contributed by atoms with van der Waals surface area (Å²) in [6.07, 6.45) is 8.60. The van der Waals surface area contributed by atoms with Crippen molar-refractivity contribution in [1.82, 2.24) is 5.32 Å². The summed E-state index contributed by atoms with van der Waals surface area (Å²) in [5.41, 5.74) is 0.969. The Balaban J connectivity index is 2.04. The minimum atomic E-state index is -0.339. The molecule has 0 bridgehead atoms. The topological polar surface area (TPSA) is 52.9 Å². The Bertz CT molecular complexity index is 608. The highest BCUT2D eigenvalue weighted by atomic mass is 35.5. The zero-order valence-electron chi connectivity index (χ0n) is 12.4. The first-order valence-corrected chi connectivity index (χ1v) is 7.92. The second kappa shape index (κ2) is 8.41. The molecule has 0 radical (unpaired) electrons. The predicted octanol–water partition coefficient (Wildman–Crippen LogP) is 4.17. The fraction of sp³-hybridized carbons (Fsp3) is 0.333. The van der Waals surface area contributed by atoms with Crippen LogP contribution in [0.5, 0.6) is 0 Å². The number of carbonyl (C=O) groups excluding carboxylic acids is 1. The summed E-state index contributed by atoms with van der Waals surface area (Å²) in [6.45, 7) is 0. The van der Waals surface area contributed by atoms with Crippen LogP contribution in [0.3, 0.4) is 0 Å². The van der Waals surface area contributed by atoms with Crippen molar-refractivity contribution in [3.63, 3.8) is 0 Å². The third-order valence-electron chi connectivity index (χ3n) is 3.69. The van der Waals surface area contributed by atoms with Crippen LogP contribution in [0.4, 0.5) is 0 Å². The quantitative estimate of drug-likeness (QED) is 0.515. The zero-order valence-corrected chi connectivity index (χ0v) is 13.1. The minimum Gasteiger partial charge on any atom is -0.349 e. The van der Waals surface area contributed by atoms with E-state index in [1.54, 1.807) is 6.08 Å². The van der Waals surface area contributed by atoms with Crippen LogP contribution >= 0.6 is 11.6 Å². The smallest absolute Gasteiger partial charge is 0.262 e. The molecule has 0 spiro atoms. The number of rotatable bonds is 4. The molecule has 22 heavy (non-hydrogen) atoms. The van der Waals surface area contributed by atoms with Gasteiger partial charge in [0.2, 0.25) is 0 Å². The number of nitrogens with one attached hydrogen (secondary N) is 1. The van der Waals surface area contributed by atoms with Crippen molar-refractivity contribution in [1.29, 1.82) is 5.26 Å². The molecule has 3 nitrogen and oxygen atoms in total. The van der Waals surface area contributed by atoms with Gasteiger partial charge in [0.25, 0.3) is 5.91 Å². The van der Waals surface area contributed by atoms with Gasteiger partial charge < -0.3 is 5.32 Å². The van der Waals surface area contributed by atoms with Crippen molar-refractivity contribution >= 4 is 23.6 Å². The lowest BCUT2D eigenvalue weighted by atomic mass is 9.95. The van der Waals surface area contributed by atoms with E-state index >= 15 is 0 Å². The van der Waals surface area contributed by atoms with Gasteiger partial charge in [-0.3, -0.25) is 4.79 Å². The van der Waals surface area contributed by atoms with E-state index in [9.17, 15) is 10.1 Å². The fourth-order valence-corrected chi connectivity index (χ4v) is 2.78. The van der Waals surface area contributed by atoms with Gasteiger partial charge in [-0.25, -0.2) is 0 Å². The molecule has 0 aromatic heterocycles. The predicted molar refractivity (Wildman–Crippen MR) is 89.0 cm³/mol. The Kier molecular flexibility index (Phi) is 6.24. The maximum absolute atomic E-state index is 12.1. The van der Waals surface area contributed by atoms with Gasteiger partial charge in [0.1, 0.15) is 11.6 Å². The van der Waals surface area contributed by atoms with Gasteiger partial charge in [0.15, 0.2) is 0 Å². The van der Waals surface area contributed by atoms with Crippen molar-refractivity contribution in [2.45, 2.75) is 38.1 Å². The number of benzene rings is 1. The van der Waals surface area contributed by atoms with E-state index in [-0.39, 0.29) is 17.5 Å². The summed E-state index contributed by atoms with van der Waals surface area (Å²) >= 11 is 6.13. The summed E-state index contributed by atoms with van der Waals surface area (Å²) in [4.78, 5) is 12.1. The Morgan fingerprint density at radius 2 is 1.91 bits per heavy atom. The third kappa shape index (κ3) is 5.05. The average molecular weight is 315 g/mol. The van der Waals surface area contributed by atoms with Crippen molar-refractivity contribution < 1.29 is 4.79 Å². The molecular weight excluding hydrogens is 296 g/mol. The summed E-state index contributed by atoms with van der Waals surface area (Å²) in [5, 5.41) is 12.5. The van der Waals surface area contributed by atoms with E-state index in [0.29, 0.717) is 5.03 Å². The molecule has 1 aromatic rings. The molecule has 0 saturated heterocycles. The minimum absolute atomic E-state index is 0.0442. The number of carbonyl (C=O) groups is 1. The van der Waals surface area contributed by atoms with Gasteiger partial charge in [-0.05, 0) is 30.6 Å². The largest absolute Gasteiger partial charge is 0.349 e. The van der Waals surface area contributed by atoms with Gasteiger partial charge >= 0.3 is 0 Å². The Hall–Kier alpha value is -2.05. The molecule has 0 atom stereocenters. The fourth-order valence-electron chi connectivity index (χ4n) is 2.55. The lowest BCUT2D eigenvalue weighted by Crippen LogP contribution is -2.36. The molecule has 1 saturated carbocycles. The average Bonchev–Trinajstić information content (AvgIpc) is 2.54. The van der Waals surface area contributed by atoms with E-state index < -0.39 is 0 Å². The van der Waals surface area contributed by atoms with Crippen LogP contribution < -0.4 is 5.32 Å². The summed E-state index contributed by atoms with van der Waals surface area (Å²) < 4.78 is 0. The molecule has 1 N–H and O–H groups in total. The first kappa shape index (κ1) is 16.3. The normalized spacial score (nSPS) is 16.9. The lowest BCUT2D eigenvalue weighted by Gasteiger charge is -2.22. The van der Waals surface area contributed by atoms with E-state index in [0.717, 1.165) is 31.2 Å². The van der Waals surface area contributed by atoms with Crippen LogP contribution in [-0.2, 0) is 4.79 Å². The van der Waals surface area contributed by atoms with E-state index in [1.165, 1.54) is 12.5 Å². The third-order valence-corrected chi connectivity index (χ3v) is 3.91. The Labute approximate surface area is 136 Å². The van der Waals surface area contributed by atoms with Gasteiger partial charge in [-0.2, -0.15) is 5.26 Å². The van der Waals surface area contributed by atoms with Crippen LogP contribution in [0.1, 0.15) is 37.7 Å². The molecule has 1 aromatic carbocycles. The van der Waals surface area contributed by atoms with Gasteiger partial charge in [-0.1, -0.05) is 61.2 Å². The van der Waals surface area contributed by atoms with E-state index in [4.69, 9.17) is 11.6 Å². The summed E-state index contributed by atoms with van der Waals surface area (Å²) in [5.74, 6) is -0.339. The number of hydrogen-bond donors (Lipinski definition) is 1. The summed E-state index contributed by atoms with van der Waals surface area (Å²) in [6, 6.07) is 11.6. The molecule has 1 aliphatic rings. The number of nitrogens with zero attached hydrogens (tertiary/aromatic N) is 1. The number of halogens is 1. The Morgan fingerprint density at radius 3 is 2.55 bits per heavy atom. The number of amides is 1. The van der Waals surface area contributed by atoms with Crippen molar-refractivity contribution in [3.8, 4) is 6.07 Å². The zero-order chi connectivity index (χ0) is 15.8. The molecular formula is C18H19ClN2O. The van der Waals surface area contributed by atoms with E-state index in [1.807, 2.05) is 36.4 Å². The van der Waals surface area contributed by atoms with Gasteiger partial charge in [0, 0.05) is 11.1 Å². The van der Waals surface area contributed by atoms with Crippen molar-refractivity contribution in [2.24, 2.45) is 0 Å². The molecule has 0 aliphatic heterocycles. The Morgan fingerprint density at radius 1 is 1.23 bits per heavy atom. The highest BCUT2D eigenvalue weighted by molar-refractivity contribution is 6.33. The maximum Gasteiger partial charge on any atom is 0.262 e. The molecule has 0 heterocycles. The van der Waals surface area contributed by atoms with E-state index in [2.05, 4.69) is 5.32 Å². The van der Waals surface area contributed by atoms with Crippen molar-refractivity contribution in [2.75, 3.05) is 0 Å². The van der Waals surface area contributed by atoms with Crippen LogP contribution in [0.25, 0.3) is 6.08 Å². The second-order valence-corrected chi connectivity index (χ2v) is 5.85. The SMILES string of the molecule is N#C/C(=C\C(Cl)=C\c1ccccc1)C(=O)NC1CCCCC1. The van der Waals surface area contributed by atoms with Crippen LogP contribution in [-0.4, -0.2) is 11.9 Å². The summed E-state index contributed by atoms with van der Waals surface area (Å²) in [7, 11) is 0. The second-order valence-electron chi connectivity index (χ2n) is 5.42. The molecule has 114 valence electrons. The molecule has 0 unspecified atom stereocenters. The molecule has 4 heteroatoms. The molecule has 1 aliphatic carbocycles. The highest BCUT2D eigenvalue weighted by Crippen LogP contribution is 2.18. The van der Waals surface area contributed by atoms with Crippen LogP contribution in [0, 0.1) is 11.3 Å². The van der Waals surface area contributed by atoms with Crippen molar-refractivity contribution in [3.05, 3.63) is 52.6 Å². The number of allylic oxidation sites excluding steroid dienone is 2. The molecule has 1 amide bonds. The monoisotopic (exact) mass is 314 g/mol. The van der Waals surface area contributed by atoms with Crippen LogP contribution in [0.2, 0.25) is 0 Å². The lowest BCUT2D eigenvalue weighted by molar-refractivity contribution is -0.118. The molecule has 1 fully saturated rings. The van der Waals surface area contributed by atoms with Crippen LogP contribution in [0.15, 0.2) is 47.0 Å². The van der Waals surface area contributed by atoms with Gasteiger partial charge in [-0.15, -0.1) is 0 Å². The first-order chi connectivity index (χ1) is 10.7. The number of hydrogen-bond acceptors (Lipinski definition) is 2. The maximum atomic E-state index is 12.1. The number of nitriles is 1. The van der Waals surface area contributed by atoms with Gasteiger partial charge in [0.05, 0.1) is 0 Å². The standard InChI is InChI=1S/C18H19ClN2O/c19-16(11-14-7-3-1-4-8-14)12-15(13-20)18(22)21-17-9-5-2-6-10-17/h1,3-4,7-8,11-12,17H,2,5-6,9-10H2,(H,21,22)/b15-12+,16-11-. The highest BCUT2D eigenvalue weighted by Gasteiger charge is 2.18. The first-order valence-electron chi connectivity index (χ1n) is 7.54.